The van der Waals surface area contributed by atoms with Crippen LogP contribution in [-0.2, 0) is 18.6 Å². The molecule has 4 aromatic rings. The Bertz CT molecular complexity index is 1210. The molecular formula is C21H19N3OS2. The van der Waals surface area contributed by atoms with Crippen LogP contribution in [0.15, 0.2) is 46.2 Å². The van der Waals surface area contributed by atoms with Crippen molar-refractivity contribution in [1.29, 1.82) is 0 Å². The molecule has 1 aliphatic rings. The van der Waals surface area contributed by atoms with Gasteiger partial charge in [0.2, 0.25) is 0 Å². The van der Waals surface area contributed by atoms with Crippen LogP contribution in [0.4, 0.5) is 0 Å². The largest absolute Gasteiger partial charge is 0.309 e. The molecule has 136 valence electrons. The molecule has 3 heterocycles. The smallest absolute Gasteiger partial charge is 0.259 e. The van der Waals surface area contributed by atoms with Crippen LogP contribution in [0.2, 0.25) is 0 Å². The molecule has 27 heavy (non-hydrogen) atoms. The van der Waals surface area contributed by atoms with E-state index in [1.165, 1.54) is 10.4 Å². The summed E-state index contributed by atoms with van der Waals surface area (Å²) in [5.74, 6) is 2.02. The van der Waals surface area contributed by atoms with E-state index in [1.807, 2.05) is 24.3 Å². The molecule has 0 radical (unpaired) electrons. The van der Waals surface area contributed by atoms with E-state index in [1.54, 1.807) is 23.1 Å². The number of nitrogens with one attached hydrogen (secondary N) is 1. The van der Waals surface area contributed by atoms with E-state index in [0.29, 0.717) is 11.7 Å². The first kappa shape index (κ1) is 17.0. The SMILES string of the molecule is C[C@H]1CCc2c(sc3nc(CSc4ccc5ccccc5n4)[nH]c(=O)c23)C1. The number of thioether (sulfide) groups is 1. The van der Waals surface area contributed by atoms with Gasteiger partial charge in [-0.3, -0.25) is 4.79 Å². The molecule has 0 unspecified atom stereocenters. The molecule has 0 spiro atoms. The van der Waals surface area contributed by atoms with E-state index in [0.717, 1.165) is 51.2 Å². The van der Waals surface area contributed by atoms with E-state index in [4.69, 9.17) is 4.98 Å². The second-order valence-electron chi connectivity index (χ2n) is 7.18. The number of pyridine rings is 1. The average Bonchev–Trinajstić information content (AvgIpc) is 3.04. The molecular weight excluding hydrogens is 374 g/mol. The summed E-state index contributed by atoms with van der Waals surface area (Å²) >= 11 is 3.30. The fourth-order valence-corrected chi connectivity index (χ4v) is 5.88. The Hall–Kier alpha value is -2.18. The summed E-state index contributed by atoms with van der Waals surface area (Å²) < 4.78 is 0. The third kappa shape index (κ3) is 3.17. The summed E-state index contributed by atoms with van der Waals surface area (Å²) in [6.07, 6.45) is 3.22. The number of aromatic nitrogens is 3. The van der Waals surface area contributed by atoms with E-state index in [9.17, 15) is 4.79 Å². The number of benzene rings is 1. The highest BCUT2D eigenvalue weighted by Crippen LogP contribution is 2.35. The van der Waals surface area contributed by atoms with Gasteiger partial charge in [-0.15, -0.1) is 11.3 Å². The van der Waals surface area contributed by atoms with Gasteiger partial charge in [-0.25, -0.2) is 9.97 Å². The summed E-state index contributed by atoms with van der Waals surface area (Å²) in [5, 5.41) is 2.89. The second kappa shape index (κ2) is 6.77. The van der Waals surface area contributed by atoms with Crippen molar-refractivity contribution in [2.75, 3.05) is 0 Å². The zero-order chi connectivity index (χ0) is 18.4. The van der Waals surface area contributed by atoms with Crippen LogP contribution in [-0.4, -0.2) is 15.0 Å². The zero-order valence-corrected chi connectivity index (χ0v) is 16.6. The molecule has 5 rings (SSSR count). The molecule has 0 aliphatic heterocycles. The average molecular weight is 394 g/mol. The lowest BCUT2D eigenvalue weighted by Crippen LogP contribution is -2.14. The van der Waals surface area contributed by atoms with Crippen LogP contribution in [0.3, 0.4) is 0 Å². The second-order valence-corrected chi connectivity index (χ2v) is 9.25. The molecule has 0 amide bonds. The Balaban J connectivity index is 1.44. The third-order valence-electron chi connectivity index (χ3n) is 5.14. The van der Waals surface area contributed by atoms with Crippen molar-refractivity contribution in [2.45, 2.75) is 37.0 Å². The topological polar surface area (TPSA) is 58.6 Å². The molecule has 1 atom stereocenters. The van der Waals surface area contributed by atoms with Crippen molar-refractivity contribution < 1.29 is 0 Å². The molecule has 1 aliphatic carbocycles. The van der Waals surface area contributed by atoms with Gasteiger partial charge in [0.05, 0.1) is 21.7 Å². The number of H-pyrrole nitrogens is 1. The predicted molar refractivity (Wildman–Crippen MR) is 113 cm³/mol. The fourth-order valence-electron chi connectivity index (χ4n) is 3.73. The van der Waals surface area contributed by atoms with Crippen LogP contribution >= 0.6 is 23.1 Å². The molecule has 6 heteroatoms. The molecule has 3 aromatic heterocycles. The van der Waals surface area contributed by atoms with Crippen molar-refractivity contribution in [3.8, 4) is 0 Å². The van der Waals surface area contributed by atoms with Crippen LogP contribution < -0.4 is 5.56 Å². The van der Waals surface area contributed by atoms with E-state index in [2.05, 4.69) is 29.0 Å². The number of para-hydroxylation sites is 1. The van der Waals surface area contributed by atoms with Crippen LogP contribution in [0.25, 0.3) is 21.1 Å². The van der Waals surface area contributed by atoms with Gasteiger partial charge in [0.25, 0.3) is 5.56 Å². The minimum absolute atomic E-state index is 0.00845. The van der Waals surface area contributed by atoms with Crippen LogP contribution in [0.5, 0.6) is 0 Å². The summed E-state index contributed by atoms with van der Waals surface area (Å²) in [4.78, 5) is 27.4. The van der Waals surface area contributed by atoms with Gasteiger partial charge in [-0.05, 0) is 42.9 Å². The number of hydrogen-bond acceptors (Lipinski definition) is 5. The first-order valence-corrected chi connectivity index (χ1v) is 11.0. The summed E-state index contributed by atoms with van der Waals surface area (Å²) in [7, 11) is 0. The Morgan fingerprint density at radius 3 is 3.04 bits per heavy atom. The molecule has 0 fully saturated rings. The van der Waals surface area contributed by atoms with Crippen LogP contribution in [0.1, 0.15) is 29.6 Å². The van der Waals surface area contributed by atoms with Gasteiger partial charge in [-0.2, -0.15) is 0 Å². The summed E-state index contributed by atoms with van der Waals surface area (Å²) in [6.45, 7) is 2.28. The Morgan fingerprint density at radius 1 is 1.22 bits per heavy atom. The third-order valence-corrected chi connectivity index (χ3v) is 7.23. The Kier molecular flexibility index (Phi) is 4.25. The van der Waals surface area contributed by atoms with Gasteiger partial charge < -0.3 is 4.98 Å². The molecule has 0 bridgehead atoms. The van der Waals surface area contributed by atoms with E-state index in [-0.39, 0.29) is 5.56 Å². The molecule has 1 aromatic carbocycles. The highest BCUT2D eigenvalue weighted by Gasteiger charge is 2.23. The van der Waals surface area contributed by atoms with Gasteiger partial charge in [0.1, 0.15) is 10.7 Å². The Labute approximate surface area is 165 Å². The normalized spacial score (nSPS) is 16.7. The number of fused-ring (bicyclic) bond motifs is 4. The van der Waals surface area contributed by atoms with Gasteiger partial charge in [-0.1, -0.05) is 43.0 Å². The maximum Gasteiger partial charge on any atom is 0.259 e. The fraction of sp³-hybridized carbons (Fsp3) is 0.286. The monoisotopic (exact) mass is 393 g/mol. The first-order chi connectivity index (χ1) is 13.2. The number of aromatic amines is 1. The standard InChI is InChI=1S/C21H19N3OS2/c1-12-6-8-14-16(10-12)27-21-19(14)20(25)23-17(24-21)11-26-18-9-7-13-4-2-3-5-15(13)22-18/h2-5,7,9,12H,6,8,10-11H2,1H3,(H,23,24,25)/t12-/m0/s1. The lowest BCUT2D eigenvalue weighted by molar-refractivity contribution is 0.509. The van der Waals surface area contributed by atoms with E-state index >= 15 is 0 Å². The lowest BCUT2D eigenvalue weighted by atomic mass is 9.89. The summed E-state index contributed by atoms with van der Waals surface area (Å²) in [6, 6.07) is 12.2. The van der Waals surface area contributed by atoms with Gasteiger partial charge >= 0.3 is 0 Å². The quantitative estimate of drug-likeness (QED) is 0.500. The highest BCUT2D eigenvalue weighted by atomic mass is 32.2. The molecule has 0 saturated carbocycles. The van der Waals surface area contributed by atoms with Crippen molar-refractivity contribution in [3.05, 3.63) is 63.0 Å². The zero-order valence-electron chi connectivity index (χ0n) is 15.0. The number of rotatable bonds is 3. The minimum atomic E-state index is 0.00845. The first-order valence-electron chi connectivity index (χ1n) is 9.19. The number of hydrogen-bond donors (Lipinski definition) is 1. The molecule has 1 N–H and O–H groups in total. The number of thiophene rings is 1. The maximum atomic E-state index is 12.7. The number of aryl methyl sites for hydroxylation is 1. The van der Waals surface area contributed by atoms with Crippen LogP contribution in [0, 0.1) is 5.92 Å². The maximum absolute atomic E-state index is 12.7. The Morgan fingerprint density at radius 2 is 2.11 bits per heavy atom. The van der Waals surface area contributed by atoms with Crippen molar-refractivity contribution >= 4 is 44.2 Å². The predicted octanol–water partition coefficient (Wildman–Crippen LogP) is 4.95. The molecule has 0 saturated heterocycles. The van der Waals surface area contributed by atoms with Crippen molar-refractivity contribution in [3.63, 3.8) is 0 Å². The van der Waals surface area contributed by atoms with Crippen molar-refractivity contribution in [1.82, 2.24) is 15.0 Å². The van der Waals surface area contributed by atoms with E-state index < -0.39 is 0 Å². The van der Waals surface area contributed by atoms with Crippen molar-refractivity contribution in [2.24, 2.45) is 5.92 Å². The summed E-state index contributed by atoms with van der Waals surface area (Å²) in [5.41, 5.74) is 2.23. The van der Waals surface area contributed by atoms with Gasteiger partial charge in [0.15, 0.2) is 0 Å². The minimum Gasteiger partial charge on any atom is -0.309 e. The number of nitrogens with zero attached hydrogens (tertiary/aromatic N) is 2. The van der Waals surface area contributed by atoms with Gasteiger partial charge in [0, 0.05) is 10.3 Å². The molecule has 4 nitrogen and oxygen atoms in total. The lowest BCUT2D eigenvalue weighted by Gasteiger charge is -2.17. The highest BCUT2D eigenvalue weighted by molar-refractivity contribution is 7.98.